The molecule has 4 nitrogen and oxygen atoms in total. The summed E-state index contributed by atoms with van der Waals surface area (Å²) < 4.78 is 11.4. The highest BCUT2D eigenvalue weighted by Crippen LogP contribution is 2.32. The molecule has 0 fully saturated rings. The molecule has 4 rings (SSSR count). The SMILES string of the molecule is O=C([C@H]1COc2ccccc2O1)N1CCc2sccc2C1. The first-order valence-electron chi connectivity index (χ1n) is 7.04. The monoisotopic (exact) mass is 301 g/mol. The average molecular weight is 301 g/mol. The van der Waals surface area contributed by atoms with Crippen LogP contribution in [0.1, 0.15) is 10.4 Å². The number of carbonyl (C=O) groups is 1. The van der Waals surface area contributed by atoms with E-state index in [4.69, 9.17) is 9.47 Å². The molecule has 0 saturated carbocycles. The van der Waals surface area contributed by atoms with Gasteiger partial charge in [0, 0.05) is 18.0 Å². The first-order valence-corrected chi connectivity index (χ1v) is 7.92. The number of thiophene rings is 1. The number of nitrogens with zero attached hydrogens (tertiary/aromatic N) is 1. The number of benzene rings is 1. The second kappa shape index (κ2) is 5.07. The molecule has 0 saturated heterocycles. The van der Waals surface area contributed by atoms with Crippen LogP contribution in [0.25, 0.3) is 0 Å². The maximum Gasteiger partial charge on any atom is 0.267 e. The van der Waals surface area contributed by atoms with E-state index < -0.39 is 6.10 Å². The zero-order chi connectivity index (χ0) is 14.2. The molecule has 2 aromatic rings. The van der Waals surface area contributed by atoms with Crippen molar-refractivity contribution >= 4 is 17.2 Å². The van der Waals surface area contributed by atoms with Gasteiger partial charge in [-0.05, 0) is 35.6 Å². The number of para-hydroxylation sites is 2. The Balaban J connectivity index is 1.49. The maximum absolute atomic E-state index is 12.6. The van der Waals surface area contributed by atoms with E-state index in [0.717, 1.165) is 13.0 Å². The molecule has 1 amide bonds. The molecule has 3 heterocycles. The molecule has 0 unspecified atom stereocenters. The van der Waals surface area contributed by atoms with E-state index in [0.29, 0.717) is 18.0 Å². The second-order valence-electron chi connectivity index (χ2n) is 5.24. The number of ether oxygens (including phenoxy) is 2. The van der Waals surface area contributed by atoms with Crippen molar-refractivity contribution in [2.24, 2.45) is 0 Å². The Kier molecular flexibility index (Phi) is 3.07. The van der Waals surface area contributed by atoms with Crippen LogP contribution in [0.4, 0.5) is 0 Å². The molecule has 108 valence electrons. The van der Waals surface area contributed by atoms with Gasteiger partial charge in [0.15, 0.2) is 11.5 Å². The molecule has 2 aliphatic heterocycles. The van der Waals surface area contributed by atoms with Crippen molar-refractivity contribution in [3.63, 3.8) is 0 Å². The Morgan fingerprint density at radius 2 is 2.10 bits per heavy atom. The van der Waals surface area contributed by atoms with E-state index in [9.17, 15) is 4.79 Å². The highest BCUT2D eigenvalue weighted by Gasteiger charge is 2.32. The summed E-state index contributed by atoms with van der Waals surface area (Å²) in [5, 5.41) is 2.09. The molecule has 0 bridgehead atoms. The van der Waals surface area contributed by atoms with Crippen LogP contribution in [0, 0.1) is 0 Å². The predicted octanol–water partition coefficient (Wildman–Crippen LogP) is 2.47. The molecule has 0 N–H and O–H groups in total. The Morgan fingerprint density at radius 3 is 3.00 bits per heavy atom. The number of fused-ring (bicyclic) bond motifs is 2. The number of amides is 1. The van der Waals surface area contributed by atoms with Gasteiger partial charge in [-0.2, -0.15) is 0 Å². The molecule has 0 aliphatic carbocycles. The smallest absolute Gasteiger partial charge is 0.267 e. The highest BCUT2D eigenvalue weighted by atomic mass is 32.1. The van der Waals surface area contributed by atoms with Gasteiger partial charge >= 0.3 is 0 Å². The van der Waals surface area contributed by atoms with Crippen molar-refractivity contribution in [3.8, 4) is 11.5 Å². The Hall–Kier alpha value is -2.01. The lowest BCUT2D eigenvalue weighted by Gasteiger charge is -2.32. The molecule has 0 spiro atoms. The minimum atomic E-state index is -0.542. The van der Waals surface area contributed by atoms with Crippen LogP contribution in [0.3, 0.4) is 0 Å². The number of hydrogen-bond donors (Lipinski definition) is 0. The topological polar surface area (TPSA) is 38.8 Å². The van der Waals surface area contributed by atoms with Gasteiger partial charge in [-0.15, -0.1) is 11.3 Å². The van der Waals surface area contributed by atoms with E-state index >= 15 is 0 Å². The zero-order valence-electron chi connectivity index (χ0n) is 11.5. The largest absolute Gasteiger partial charge is 0.485 e. The van der Waals surface area contributed by atoms with Gasteiger partial charge in [0.2, 0.25) is 6.10 Å². The molecule has 1 aromatic carbocycles. The van der Waals surface area contributed by atoms with Gasteiger partial charge in [-0.1, -0.05) is 12.1 Å². The van der Waals surface area contributed by atoms with Crippen LogP contribution < -0.4 is 9.47 Å². The van der Waals surface area contributed by atoms with Gasteiger partial charge in [-0.3, -0.25) is 4.79 Å². The molecule has 1 aromatic heterocycles. The molecule has 1 atom stereocenters. The van der Waals surface area contributed by atoms with Gasteiger partial charge in [0.05, 0.1) is 0 Å². The summed E-state index contributed by atoms with van der Waals surface area (Å²) in [7, 11) is 0. The third kappa shape index (κ3) is 2.27. The fourth-order valence-electron chi connectivity index (χ4n) is 2.78. The van der Waals surface area contributed by atoms with Gasteiger partial charge < -0.3 is 14.4 Å². The summed E-state index contributed by atoms with van der Waals surface area (Å²) in [6.45, 7) is 1.72. The highest BCUT2D eigenvalue weighted by molar-refractivity contribution is 7.10. The molecule has 21 heavy (non-hydrogen) atoms. The molecular weight excluding hydrogens is 286 g/mol. The third-order valence-electron chi connectivity index (χ3n) is 3.90. The summed E-state index contributed by atoms with van der Waals surface area (Å²) >= 11 is 1.77. The minimum Gasteiger partial charge on any atom is -0.485 e. The lowest BCUT2D eigenvalue weighted by molar-refractivity contribution is -0.142. The lowest BCUT2D eigenvalue weighted by atomic mass is 10.1. The van der Waals surface area contributed by atoms with Crippen molar-refractivity contribution in [3.05, 3.63) is 46.2 Å². The summed E-state index contributed by atoms with van der Waals surface area (Å²) in [6.07, 6.45) is 0.392. The predicted molar refractivity (Wildman–Crippen MR) is 79.8 cm³/mol. The average Bonchev–Trinajstić information content (AvgIpc) is 3.01. The van der Waals surface area contributed by atoms with E-state index in [-0.39, 0.29) is 12.5 Å². The lowest BCUT2D eigenvalue weighted by Crippen LogP contribution is -2.47. The first-order chi connectivity index (χ1) is 10.3. The van der Waals surface area contributed by atoms with Crippen LogP contribution >= 0.6 is 11.3 Å². The quantitative estimate of drug-likeness (QED) is 0.812. The summed E-state index contributed by atoms with van der Waals surface area (Å²) in [5.74, 6) is 1.37. The van der Waals surface area contributed by atoms with Gasteiger partial charge in [0.25, 0.3) is 5.91 Å². The molecule has 5 heteroatoms. The summed E-state index contributed by atoms with van der Waals surface area (Å²) in [5.41, 5.74) is 1.26. The van der Waals surface area contributed by atoms with Crippen molar-refractivity contribution < 1.29 is 14.3 Å². The standard InChI is InChI=1S/C16H15NO3S/c18-16(17-7-5-15-11(9-17)6-8-21-15)14-10-19-12-3-1-2-4-13(12)20-14/h1-4,6,8,14H,5,7,9-10H2/t14-/m1/s1. The van der Waals surface area contributed by atoms with Gasteiger partial charge in [0.1, 0.15) is 6.61 Å². The van der Waals surface area contributed by atoms with E-state index in [1.54, 1.807) is 11.3 Å². The normalized spacial score (nSPS) is 20.0. The number of carbonyl (C=O) groups excluding carboxylic acids is 1. The first kappa shape index (κ1) is 12.7. The summed E-state index contributed by atoms with van der Waals surface area (Å²) in [6, 6.07) is 9.57. The maximum atomic E-state index is 12.6. The third-order valence-corrected chi connectivity index (χ3v) is 4.93. The van der Waals surface area contributed by atoms with Gasteiger partial charge in [-0.25, -0.2) is 0 Å². The Labute approximate surface area is 126 Å². The second-order valence-corrected chi connectivity index (χ2v) is 6.24. The summed E-state index contributed by atoms with van der Waals surface area (Å²) in [4.78, 5) is 15.9. The minimum absolute atomic E-state index is 0.0151. The van der Waals surface area contributed by atoms with Crippen molar-refractivity contribution in [2.75, 3.05) is 13.2 Å². The van der Waals surface area contributed by atoms with Crippen LogP contribution in [-0.2, 0) is 17.8 Å². The van der Waals surface area contributed by atoms with Crippen molar-refractivity contribution in [2.45, 2.75) is 19.1 Å². The van der Waals surface area contributed by atoms with Crippen molar-refractivity contribution in [1.82, 2.24) is 4.90 Å². The van der Waals surface area contributed by atoms with Crippen LogP contribution in [0.2, 0.25) is 0 Å². The Bertz CT molecular complexity index is 682. The van der Waals surface area contributed by atoms with Crippen LogP contribution in [-0.4, -0.2) is 30.1 Å². The Morgan fingerprint density at radius 1 is 1.24 bits per heavy atom. The fourth-order valence-corrected chi connectivity index (χ4v) is 3.67. The zero-order valence-corrected chi connectivity index (χ0v) is 12.3. The molecule has 0 radical (unpaired) electrons. The fraction of sp³-hybridized carbons (Fsp3) is 0.312. The van der Waals surface area contributed by atoms with E-state index in [1.807, 2.05) is 29.2 Å². The molecular formula is C16H15NO3S. The number of hydrogen-bond acceptors (Lipinski definition) is 4. The van der Waals surface area contributed by atoms with Crippen molar-refractivity contribution in [1.29, 1.82) is 0 Å². The van der Waals surface area contributed by atoms with Crippen LogP contribution in [0.15, 0.2) is 35.7 Å². The van der Waals surface area contributed by atoms with E-state index in [2.05, 4.69) is 11.4 Å². The van der Waals surface area contributed by atoms with E-state index in [1.165, 1.54) is 10.4 Å². The number of rotatable bonds is 1. The van der Waals surface area contributed by atoms with Crippen LogP contribution in [0.5, 0.6) is 11.5 Å². The molecule has 2 aliphatic rings.